The first kappa shape index (κ1) is 14.9. The smallest absolute Gasteiger partial charge is 0.0402 e. The van der Waals surface area contributed by atoms with Gasteiger partial charge in [0.1, 0.15) is 0 Å². The summed E-state index contributed by atoms with van der Waals surface area (Å²) in [6, 6.07) is 9.66. The molecular weight excluding hydrogens is 256 g/mol. The fourth-order valence-corrected chi connectivity index (χ4v) is 4.48. The standard InChI is InChI=1S/C19H30N2/c1-16-13-17-9-5-6-10-18(17)21(16)15-19(14-20-2)11-7-3-4-8-12-19/h5-6,9-10,16,20H,3-4,7-8,11-15H2,1-2H3. The predicted octanol–water partition coefficient (Wildman–Crippen LogP) is 4.00. The van der Waals surface area contributed by atoms with Gasteiger partial charge in [-0.2, -0.15) is 0 Å². The summed E-state index contributed by atoms with van der Waals surface area (Å²) in [5, 5.41) is 3.49. The van der Waals surface area contributed by atoms with Gasteiger partial charge in [-0.15, -0.1) is 0 Å². The molecule has 116 valence electrons. The SMILES string of the molecule is CNCC1(CN2c3ccccc3CC2C)CCCCCC1. The van der Waals surface area contributed by atoms with Crippen LogP contribution in [0.3, 0.4) is 0 Å². The van der Waals surface area contributed by atoms with E-state index in [0.717, 1.165) is 0 Å². The average Bonchev–Trinajstić information content (AvgIpc) is 2.65. The lowest BCUT2D eigenvalue weighted by atomic mass is 9.79. The highest BCUT2D eigenvalue weighted by Crippen LogP contribution is 2.40. The highest BCUT2D eigenvalue weighted by molar-refractivity contribution is 5.59. The van der Waals surface area contributed by atoms with Crippen molar-refractivity contribution in [1.29, 1.82) is 0 Å². The lowest BCUT2D eigenvalue weighted by Gasteiger charge is -2.39. The maximum absolute atomic E-state index is 3.49. The van der Waals surface area contributed by atoms with Crippen molar-refractivity contribution in [3.8, 4) is 0 Å². The molecule has 1 atom stereocenters. The maximum atomic E-state index is 3.49. The molecule has 1 aliphatic carbocycles. The molecule has 0 aromatic heterocycles. The summed E-state index contributed by atoms with van der Waals surface area (Å²) < 4.78 is 0. The summed E-state index contributed by atoms with van der Waals surface area (Å²) in [5.41, 5.74) is 3.50. The van der Waals surface area contributed by atoms with Crippen LogP contribution in [-0.4, -0.2) is 26.2 Å². The summed E-state index contributed by atoms with van der Waals surface area (Å²) in [6.45, 7) is 4.79. The van der Waals surface area contributed by atoms with Crippen LogP contribution in [-0.2, 0) is 6.42 Å². The van der Waals surface area contributed by atoms with Crippen molar-refractivity contribution in [1.82, 2.24) is 5.32 Å². The highest BCUT2D eigenvalue weighted by Gasteiger charge is 2.36. The minimum Gasteiger partial charge on any atom is -0.368 e. The van der Waals surface area contributed by atoms with E-state index in [9.17, 15) is 0 Å². The van der Waals surface area contributed by atoms with Gasteiger partial charge in [0.2, 0.25) is 0 Å². The second-order valence-corrected chi connectivity index (χ2v) is 7.25. The molecule has 0 amide bonds. The predicted molar refractivity (Wildman–Crippen MR) is 91.0 cm³/mol. The van der Waals surface area contributed by atoms with E-state index in [1.165, 1.54) is 63.7 Å². The number of nitrogens with zero attached hydrogens (tertiary/aromatic N) is 1. The van der Waals surface area contributed by atoms with Crippen molar-refractivity contribution in [3.05, 3.63) is 29.8 Å². The molecule has 1 heterocycles. The zero-order valence-corrected chi connectivity index (χ0v) is 13.7. The number of hydrogen-bond donors (Lipinski definition) is 1. The molecule has 1 aliphatic heterocycles. The van der Waals surface area contributed by atoms with Crippen LogP contribution in [0.25, 0.3) is 0 Å². The van der Waals surface area contributed by atoms with Crippen LogP contribution < -0.4 is 10.2 Å². The average molecular weight is 286 g/mol. The molecule has 0 bridgehead atoms. The molecule has 0 radical (unpaired) electrons. The number of anilines is 1. The van der Waals surface area contributed by atoms with Gasteiger partial charge in [0.15, 0.2) is 0 Å². The van der Waals surface area contributed by atoms with Crippen LogP contribution in [0.2, 0.25) is 0 Å². The van der Waals surface area contributed by atoms with Gasteiger partial charge in [-0.05, 0) is 44.9 Å². The van der Waals surface area contributed by atoms with Crippen molar-refractivity contribution in [2.75, 3.05) is 25.0 Å². The molecule has 1 unspecified atom stereocenters. The molecular formula is C19H30N2. The molecule has 2 nitrogen and oxygen atoms in total. The zero-order valence-electron chi connectivity index (χ0n) is 13.7. The first-order chi connectivity index (χ1) is 10.2. The van der Waals surface area contributed by atoms with Crippen LogP contribution in [0.1, 0.15) is 51.0 Å². The number of benzene rings is 1. The Bertz CT molecular complexity index is 460. The Morgan fingerprint density at radius 3 is 2.57 bits per heavy atom. The van der Waals surface area contributed by atoms with Gasteiger partial charge in [-0.1, -0.05) is 43.9 Å². The largest absolute Gasteiger partial charge is 0.368 e. The van der Waals surface area contributed by atoms with Gasteiger partial charge in [0.05, 0.1) is 0 Å². The minimum absolute atomic E-state index is 0.469. The summed E-state index contributed by atoms with van der Waals surface area (Å²) in [5.74, 6) is 0. The van der Waals surface area contributed by atoms with E-state index < -0.39 is 0 Å². The Morgan fingerprint density at radius 2 is 1.86 bits per heavy atom. The van der Waals surface area contributed by atoms with E-state index in [1.54, 1.807) is 5.56 Å². The third-order valence-electron chi connectivity index (χ3n) is 5.57. The Balaban J connectivity index is 1.82. The van der Waals surface area contributed by atoms with Crippen molar-refractivity contribution < 1.29 is 0 Å². The number of nitrogens with one attached hydrogen (secondary N) is 1. The van der Waals surface area contributed by atoms with Gasteiger partial charge in [-0.3, -0.25) is 0 Å². The third kappa shape index (κ3) is 3.11. The third-order valence-corrected chi connectivity index (χ3v) is 5.57. The van der Waals surface area contributed by atoms with E-state index >= 15 is 0 Å². The van der Waals surface area contributed by atoms with Crippen LogP contribution in [0.15, 0.2) is 24.3 Å². The number of hydrogen-bond acceptors (Lipinski definition) is 2. The summed E-state index contributed by atoms with van der Waals surface area (Å²) in [6.07, 6.45) is 9.66. The van der Waals surface area contributed by atoms with Crippen molar-refractivity contribution >= 4 is 5.69 Å². The highest BCUT2D eigenvalue weighted by atomic mass is 15.2. The van der Waals surface area contributed by atoms with Crippen LogP contribution >= 0.6 is 0 Å². The van der Waals surface area contributed by atoms with E-state index in [4.69, 9.17) is 0 Å². The van der Waals surface area contributed by atoms with Crippen LogP contribution in [0, 0.1) is 5.41 Å². The first-order valence-corrected chi connectivity index (χ1v) is 8.73. The van der Waals surface area contributed by atoms with Crippen molar-refractivity contribution in [2.45, 2.75) is 57.9 Å². The number of para-hydroxylation sites is 1. The minimum atomic E-state index is 0.469. The van der Waals surface area contributed by atoms with Gasteiger partial charge < -0.3 is 10.2 Å². The van der Waals surface area contributed by atoms with E-state index in [-0.39, 0.29) is 0 Å². The van der Waals surface area contributed by atoms with E-state index in [1.807, 2.05) is 0 Å². The van der Waals surface area contributed by atoms with Gasteiger partial charge in [0, 0.05) is 30.2 Å². The first-order valence-electron chi connectivity index (χ1n) is 8.73. The second kappa shape index (κ2) is 6.39. The molecule has 3 rings (SSSR count). The summed E-state index contributed by atoms with van der Waals surface area (Å²) in [4.78, 5) is 2.69. The topological polar surface area (TPSA) is 15.3 Å². The molecule has 0 spiro atoms. The van der Waals surface area contributed by atoms with Gasteiger partial charge in [-0.25, -0.2) is 0 Å². The number of rotatable bonds is 4. The molecule has 1 aromatic rings. The molecule has 1 saturated carbocycles. The second-order valence-electron chi connectivity index (χ2n) is 7.25. The van der Waals surface area contributed by atoms with Gasteiger partial charge >= 0.3 is 0 Å². The normalized spacial score (nSPS) is 24.7. The van der Waals surface area contributed by atoms with Crippen molar-refractivity contribution in [2.24, 2.45) is 5.41 Å². The summed E-state index contributed by atoms with van der Waals surface area (Å²) in [7, 11) is 2.12. The quantitative estimate of drug-likeness (QED) is 0.842. The molecule has 2 aliphatic rings. The van der Waals surface area contributed by atoms with Crippen molar-refractivity contribution in [3.63, 3.8) is 0 Å². The fraction of sp³-hybridized carbons (Fsp3) is 0.684. The lowest BCUT2D eigenvalue weighted by molar-refractivity contribution is 0.239. The summed E-state index contributed by atoms with van der Waals surface area (Å²) >= 11 is 0. The Morgan fingerprint density at radius 1 is 1.14 bits per heavy atom. The Labute approximate surface area is 129 Å². The lowest BCUT2D eigenvalue weighted by Crippen LogP contribution is -2.45. The fourth-order valence-electron chi connectivity index (χ4n) is 4.48. The van der Waals surface area contributed by atoms with E-state index in [2.05, 4.69) is 48.5 Å². The molecule has 1 fully saturated rings. The molecule has 21 heavy (non-hydrogen) atoms. The monoisotopic (exact) mass is 286 g/mol. The maximum Gasteiger partial charge on any atom is 0.0402 e. The van der Waals surface area contributed by atoms with E-state index in [0.29, 0.717) is 11.5 Å². The number of fused-ring (bicyclic) bond motifs is 1. The molecule has 0 saturated heterocycles. The molecule has 1 aromatic carbocycles. The Hall–Kier alpha value is -1.02. The van der Waals surface area contributed by atoms with Crippen LogP contribution in [0.4, 0.5) is 5.69 Å². The van der Waals surface area contributed by atoms with Crippen LogP contribution in [0.5, 0.6) is 0 Å². The zero-order chi connectivity index (χ0) is 14.7. The molecule has 1 N–H and O–H groups in total. The van der Waals surface area contributed by atoms with Gasteiger partial charge in [0.25, 0.3) is 0 Å². The Kier molecular flexibility index (Phi) is 4.54. The molecule has 2 heteroatoms.